The average molecular weight is 276 g/mol. The molecular weight excluding hydrogens is 258 g/mol. The number of sulfonamides is 1. The Balaban J connectivity index is 2.73. The van der Waals surface area contributed by atoms with Crippen LogP contribution < -0.4 is 4.72 Å². The normalized spacial score (nSPS) is 13.6. The van der Waals surface area contributed by atoms with Crippen molar-refractivity contribution in [2.45, 2.75) is 32.7 Å². The predicted octanol–water partition coefficient (Wildman–Crippen LogP) is 3.12. The van der Waals surface area contributed by atoms with E-state index in [1.54, 1.807) is 13.0 Å². The van der Waals surface area contributed by atoms with E-state index < -0.39 is 10.0 Å². The lowest BCUT2D eigenvalue weighted by Crippen LogP contribution is -2.29. The molecule has 0 radical (unpaired) electrons. The zero-order valence-electron chi connectivity index (χ0n) is 10.1. The van der Waals surface area contributed by atoms with E-state index in [4.69, 9.17) is 11.6 Å². The van der Waals surface area contributed by atoms with Gasteiger partial charge in [-0.15, -0.1) is 0 Å². The maximum Gasteiger partial charge on any atom is 0.212 e. The highest BCUT2D eigenvalue weighted by Crippen LogP contribution is 2.22. The van der Waals surface area contributed by atoms with Gasteiger partial charge in [-0.3, -0.25) is 0 Å². The van der Waals surface area contributed by atoms with Crippen LogP contribution in [0.5, 0.6) is 0 Å². The lowest BCUT2D eigenvalue weighted by Gasteiger charge is -2.15. The summed E-state index contributed by atoms with van der Waals surface area (Å²) in [5.41, 5.74) is 0.800. The summed E-state index contributed by atoms with van der Waals surface area (Å²) in [7, 11) is -3.22. The van der Waals surface area contributed by atoms with E-state index in [0.717, 1.165) is 12.0 Å². The molecule has 0 aliphatic heterocycles. The van der Waals surface area contributed by atoms with Gasteiger partial charge in [0.15, 0.2) is 0 Å². The second-order valence-electron chi connectivity index (χ2n) is 4.03. The molecule has 0 fully saturated rings. The largest absolute Gasteiger partial charge is 0.212 e. The lowest BCUT2D eigenvalue weighted by atomic mass is 10.1. The second kappa shape index (κ2) is 6.38. The number of hydrogen-bond acceptors (Lipinski definition) is 2. The molecule has 0 aliphatic rings. The fourth-order valence-corrected chi connectivity index (χ4v) is 3.30. The van der Waals surface area contributed by atoms with Gasteiger partial charge in [0.25, 0.3) is 0 Å². The molecule has 1 N–H and O–H groups in total. The zero-order valence-corrected chi connectivity index (χ0v) is 11.7. The molecule has 1 rings (SSSR count). The topological polar surface area (TPSA) is 46.2 Å². The summed E-state index contributed by atoms with van der Waals surface area (Å²) in [4.78, 5) is 0. The third kappa shape index (κ3) is 4.66. The van der Waals surface area contributed by atoms with Crippen LogP contribution >= 0.6 is 11.6 Å². The monoisotopic (exact) mass is 275 g/mol. The van der Waals surface area contributed by atoms with Crippen molar-refractivity contribution in [1.82, 2.24) is 4.72 Å². The molecule has 1 aromatic carbocycles. The molecule has 96 valence electrons. The molecular formula is C12H18ClNO2S. The molecule has 0 unspecified atom stereocenters. The minimum absolute atomic E-state index is 0.165. The zero-order chi connectivity index (χ0) is 12.9. The number of halogens is 1. The van der Waals surface area contributed by atoms with Crippen LogP contribution in [0.2, 0.25) is 5.02 Å². The molecule has 0 saturated heterocycles. The van der Waals surface area contributed by atoms with E-state index in [2.05, 4.69) is 4.72 Å². The summed E-state index contributed by atoms with van der Waals surface area (Å²) in [6.45, 7) is 3.76. The van der Waals surface area contributed by atoms with Crippen molar-refractivity contribution in [1.29, 1.82) is 0 Å². The van der Waals surface area contributed by atoms with Crippen molar-refractivity contribution in [2.75, 3.05) is 5.75 Å². The van der Waals surface area contributed by atoms with Gasteiger partial charge in [-0.05, 0) is 25.0 Å². The van der Waals surface area contributed by atoms with Gasteiger partial charge in [-0.2, -0.15) is 0 Å². The fourth-order valence-electron chi connectivity index (χ4n) is 1.55. The van der Waals surface area contributed by atoms with Crippen molar-refractivity contribution in [3.63, 3.8) is 0 Å². The van der Waals surface area contributed by atoms with E-state index in [0.29, 0.717) is 11.4 Å². The van der Waals surface area contributed by atoms with Gasteiger partial charge in [-0.1, -0.05) is 43.1 Å². The SMILES string of the molecule is CCCCS(=O)(=O)N[C@H](C)c1ccccc1Cl. The molecule has 17 heavy (non-hydrogen) atoms. The number of unbranched alkanes of at least 4 members (excludes halogenated alkanes) is 1. The highest BCUT2D eigenvalue weighted by atomic mass is 35.5. The molecule has 0 amide bonds. The first-order valence-electron chi connectivity index (χ1n) is 5.70. The van der Waals surface area contributed by atoms with Gasteiger partial charge >= 0.3 is 0 Å². The Morgan fingerprint density at radius 3 is 2.59 bits per heavy atom. The summed E-state index contributed by atoms with van der Waals surface area (Å²) >= 11 is 6.02. The van der Waals surface area contributed by atoms with E-state index in [1.807, 2.05) is 25.1 Å². The van der Waals surface area contributed by atoms with Crippen LogP contribution in [-0.4, -0.2) is 14.2 Å². The Morgan fingerprint density at radius 2 is 2.00 bits per heavy atom. The number of benzene rings is 1. The molecule has 1 aromatic rings. The third-order valence-electron chi connectivity index (χ3n) is 2.49. The molecule has 1 atom stereocenters. The first-order chi connectivity index (χ1) is 7.96. The van der Waals surface area contributed by atoms with Crippen LogP contribution in [0.3, 0.4) is 0 Å². The van der Waals surface area contributed by atoms with Crippen LogP contribution in [0.1, 0.15) is 38.3 Å². The highest BCUT2D eigenvalue weighted by Gasteiger charge is 2.16. The molecule has 0 aromatic heterocycles. The van der Waals surface area contributed by atoms with Gasteiger partial charge in [0.1, 0.15) is 0 Å². The van der Waals surface area contributed by atoms with E-state index >= 15 is 0 Å². The van der Waals surface area contributed by atoms with E-state index in [9.17, 15) is 8.42 Å². The van der Waals surface area contributed by atoms with Gasteiger partial charge in [-0.25, -0.2) is 13.1 Å². The predicted molar refractivity (Wildman–Crippen MR) is 71.7 cm³/mol. The maximum atomic E-state index is 11.7. The molecule has 0 aliphatic carbocycles. The minimum atomic E-state index is -3.22. The first-order valence-corrected chi connectivity index (χ1v) is 7.73. The maximum absolute atomic E-state index is 11.7. The number of hydrogen-bond donors (Lipinski definition) is 1. The molecule has 0 heterocycles. The third-order valence-corrected chi connectivity index (χ3v) is 4.38. The van der Waals surface area contributed by atoms with Crippen LogP contribution in [0.4, 0.5) is 0 Å². The summed E-state index contributed by atoms with van der Waals surface area (Å²) in [5, 5.41) is 0.582. The Kier molecular flexibility index (Phi) is 5.43. The van der Waals surface area contributed by atoms with Gasteiger partial charge in [0.05, 0.1) is 5.75 Å². The van der Waals surface area contributed by atoms with E-state index in [1.165, 1.54) is 0 Å². The van der Waals surface area contributed by atoms with Crippen molar-refractivity contribution >= 4 is 21.6 Å². The Bertz CT molecular complexity index is 459. The van der Waals surface area contributed by atoms with Crippen LogP contribution in [0, 0.1) is 0 Å². The molecule has 0 saturated carbocycles. The Morgan fingerprint density at radius 1 is 1.35 bits per heavy atom. The summed E-state index contributed by atoms with van der Waals surface area (Å²) in [6, 6.07) is 6.95. The summed E-state index contributed by atoms with van der Waals surface area (Å²) in [6.07, 6.45) is 1.53. The lowest BCUT2D eigenvalue weighted by molar-refractivity contribution is 0.564. The summed E-state index contributed by atoms with van der Waals surface area (Å²) < 4.78 is 26.1. The molecule has 0 spiro atoms. The van der Waals surface area contributed by atoms with Crippen molar-refractivity contribution in [2.24, 2.45) is 0 Å². The second-order valence-corrected chi connectivity index (χ2v) is 6.31. The van der Waals surface area contributed by atoms with E-state index in [-0.39, 0.29) is 11.8 Å². The number of nitrogens with one attached hydrogen (secondary N) is 1. The van der Waals surface area contributed by atoms with Crippen LogP contribution in [-0.2, 0) is 10.0 Å². The fraction of sp³-hybridized carbons (Fsp3) is 0.500. The standard InChI is InChI=1S/C12H18ClNO2S/c1-3-4-9-17(15,16)14-10(2)11-7-5-6-8-12(11)13/h5-8,10,14H,3-4,9H2,1-2H3/t10-/m1/s1. The summed E-state index contributed by atoms with van der Waals surface area (Å²) in [5.74, 6) is 0.165. The average Bonchev–Trinajstić information content (AvgIpc) is 2.26. The Hall–Kier alpha value is -0.580. The quantitative estimate of drug-likeness (QED) is 0.867. The first kappa shape index (κ1) is 14.5. The van der Waals surface area contributed by atoms with Gasteiger partial charge in [0.2, 0.25) is 10.0 Å². The highest BCUT2D eigenvalue weighted by molar-refractivity contribution is 7.89. The Labute approximate surface area is 108 Å². The number of rotatable bonds is 6. The molecule has 5 heteroatoms. The minimum Gasteiger partial charge on any atom is -0.212 e. The van der Waals surface area contributed by atoms with Crippen LogP contribution in [0.15, 0.2) is 24.3 Å². The smallest absolute Gasteiger partial charge is 0.212 e. The molecule has 3 nitrogen and oxygen atoms in total. The van der Waals surface area contributed by atoms with Crippen LogP contribution in [0.25, 0.3) is 0 Å². The van der Waals surface area contributed by atoms with Gasteiger partial charge in [0, 0.05) is 11.1 Å². The van der Waals surface area contributed by atoms with Gasteiger partial charge < -0.3 is 0 Å². The van der Waals surface area contributed by atoms with Crippen molar-refractivity contribution in [3.8, 4) is 0 Å². The molecule has 0 bridgehead atoms. The van der Waals surface area contributed by atoms with Crippen molar-refractivity contribution < 1.29 is 8.42 Å². The van der Waals surface area contributed by atoms with Crippen molar-refractivity contribution in [3.05, 3.63) is 34.9 Å².